The molecule has 2 amide bonds. The Bertz CT molecular complexity index is 2870. The van der Waals surface area contributed by atoms with Crippen molar-refractivity contribution in [2.45, 2.75) is 13.1 Å². The number of carboxylic acids is 1. The first-order valence-electron chi connectivity index (χ1n) is 17.8. The quantitative estimate of drug-likeness (QED) is 0.0824. The fourth-order valence-corrected chi connectivity index (χ4v) is 7.17. The van der Waals surface area contributed by atoms with Crippen LogP contribution in [0.3, 0.4) is 0 Å². The average Bonchev–Trinajstić information content (AvgIpc) is 3.78. The number of carboxylic acid groups (broad SMARTS) is 1. The van der Waals surface area contributed by atoms with Crippen LogP contribution in [0.25, 0.3) is 0 Å². The molecule has 0 atom stereocenters. The molecule has 26 heteroatoms. The number of anilines is 2. The van der Waals surface area contributed by atoms with Gasteiger partial charge in [0.05, 0.1) is 44.3 Å². The lowest BCUT2D eigenvalue weighted by Crippen LogP contribution is -2.24. The minimum Gasteiger partial charge on any atom is -0.477 e. The number of carbonyl (C=O) groups is 5. The molecule has 0 radical (unpaired) electrons. The summed E-state index contributed by atoms with van der Waals surface area (Å²) in [6.45, 7) is 0.280. The molecule has 3 aromatic heterocycles. The third kappa shape index (κ3) is 12.1. The SMILES string of the molecule is NC(=O)c1nnn(Cc2cc(Cl)c(C(=O)c3ccc(Cl)cc3)c(Cl)c2)c1N.NC(=O)c1nnn(Cc2cc(Cl)c(C(=O)c3ccc(Cl)cc3)c(Cl)c2)c1N.O=C(O)c1cc(=O)[nH]c(=O)[nH]1. The summed E-state index contributed by atoms with van der Waals surface area (Å²) < 4.78 is 2.56. The van der Waals surface area contributed by atoms with Gasteiger partial charge in [-0.25, -0.2) is 19.0 Å². The summed E-state index contributed by atoms with van der Waals surface area (Å²) in [6, 6.07) is 19.9. The number of nitrogen functional groups attached to an aromatic ring is 2. The number of amides is 2. The van der Waals surface area contributed by atoms with E-state index in [1.807, 2.05) is 9.97 Å². The Morgan fingerprint density at radius 1 is 0.569 bits per heavy atom. The molecule has 3 heterocycles. The van der Waals surface area contributed by atoms with E-state index in [1.165, 1.54) is 9.36 Å². The zero-order valence-electron chi connectivity index (χ0n) is 32.5. The smallest absolute Gasteiger partial charge is 0.352 e. The molecule has 334 valence electrons. The third-order valence-electron chi connectivity index (χ3n) is 8.54. The number of carbonyl (C=O) groups excluding carboxylic acids is 4. The first kappa shape index (κ1) is 49.0. The van der Waals surface area contributed by atoms with Crippen molar-refractivity contribution in [1.29, 1.82) is 0 Å². The van der Waals surface area contributed by atoms with Gasteiger partial charge in [0.25, 0.3) is 17.4 Å². The minimum absolute atomic E-state index is 0.0241. The van der Waals surface area contributed by atoms with Gasteiger partial charge < -0.3 is 33.0 Å². The van der Waals surface area contributed by atoms with Crippen LogP contribution < -0.4 is 34.2 Å². The molecule has 0 unspecified atom stereocenters. The number of halogens is 6. The number of aromatic amines is 2. The number of nitrogens with zero attached hydrogens (tertiary/aromatic N) is 6. The molecule has 0 aliphatic carbocycles. The highest BCUT2D eigenvalue weighted by Crippen LogP contribution is 2.31. The van der Waals surface area contributed by atoms with Crippen LogP contribution in [0.4, 0.5) is 11.6 Å². The lowest BCUT2D eigenvalue weighted by atomic mass is 10.0. The van der Waals surface area contributed by atoms with Crippen molar-refractivity contribution >= 4 is 111 Å². The molecule has 4 aromatic carbocycles. The first-order chi connectivity index (χ1) is 30.6. The Morgan fingerprint density at radius 2 is 0.923 bits per heavy atom. The maximum absolute atomic E-state index is 12.7. The number of H-pyrrole nitrogens is 2. The van der Waals surface area contributed by atoms with E-state index < -0.39 is 34.7 Å². The lowest BCUT2D eigenvalue weighted by Gasteiger charge is -2.10. The van der Waals surface area contributed by atoms with E-state index in [2.05, 4.69) is 20.6 Å². The molecule has 7 rings (SSSR count). The number of aromatic carboxylic acids is 1. The third-order valence-corrected chi connectivity index (χ3v) is 10.2. The van der Waals surface area contributed by atoms with E-state index in [4.69, 9.17) is 97.6 Å². The highest BCUT2D eigenvalue weighted by molar-refractivity contribution is 6.42. The molecular formula is C39H28Cl6N12O8. The minimum atomic E-state index is -1.34. The zero-order chi connectivity index (χ0) is 47.9. The number of primary amides is 2. The average molecular weight is 1010 g/mol. The summed E-state index contributed by atoms with van der Waals surface area (Å²) in [5, 5.41) is 24.9. The number of hydrogen-bond donors (Lipinski definition) is 7. The Labute approximate surface area is 393 Å². The molecule has 0 aliphatic heterocycles. The Kier molecular flexibility index (Phi) is 15.9. The monoisotopic (exact) mass is 1000 g/mol. The van der Waals surface area contributed by atoms with Crippen LogP contribution in [0.5, 0.6) is 0 Å². The molecule has 0 spiro atoms. The van der Waals surface area contributed by atoms with Crippen LogP contribution in [-0.4, -0.2) is 74.4 Å². The number of ketones is 2. The van der Waals surface area contributed by atoms with Crippen molar-refractivity contribution in [3.63, 3.8) is 0 Å². The zero-order valence-corrected chi connectivity index (χ0v) is 37.0. The van der Waals surface area contributed by atoms with Crippen molar-refractivity contribution in [1.82, 2.24) is 40.0 Å². The summed E-state index contributed by atoms with van der Waals surface area (Å²) in [5.41, 5.74) is 22.1. The van der Waals surface area contributed by atoms with E-state index >= 15 is 0 Å². The van der Waals surface area contributed by atoms with Gasteiger partial charge >= 0.3 is 11.7 Å². The van der Waals surface area contributed by atoms with Gasteiger partial charge in [-0.15, -0.1) is 10.2 Å². The lowest BCUT2D eigenvalue weighted by molar-refractivity contribution is 0.0688. The van der Waals surface area contributed by atoms with Crippen LogP contribution in [0.1, 0.15) is 74.4 Å². The number of nitrogens with two attached hydrogens (primary N) is 4. The maximum Gasteiger partial charge on any atom is 0.352 e. The van der Waals surface area contributed by atoms with Gasteiger partial charge in [-0.05, 0) is 83.9 Å². The molecule has 0 saturated carbocycles. The highest BCUT2D eigenvalue weighted by Gasteiger charge is 2.22. The molecule has 0 aliphatic rings. The molecule has 65 heavy (non-hydrogen) atoms. The van der Waals surface area contributed by atoms with Crippen molar-refractivity contribution in [2.24, 2.45) is 11.5 Å². The Hall–Kier alpha value is -7.07. The standard InChI is InChI=1S/2C17H12Cl3N5O2.C5H4N2O4/c2*18-10-3-1-9(2-4-10)15(26)13-11(19)5-8(6-12(13)20)7-25-16(21)14(17(22)27)23-24-25;8-3-1-2(4(9)10)6-5(11)7-3/h2*1-6H,7,21H2,(H2,22,27);1H,(H,9,10)(H2,6,7,8,11). The van der Waals surface area contributed by atoms with Gasteiger partial charge in [0, 0.05) is 27.2 Å². The van der Waals surface area contributed by atoms with Crippen molar-refractivity contribution in [3.05, 3.63) is 180 Å². The van der Waals surface area contributed by atoms with Crippen molar-refractivity contribution in [2.75, 3.05) is 11.5 Å². The van der Waals surface area contributed by atoms with Crippen LogP contribution in [-0.2, 0) is 13.1 Å². The van der Waals surface area contributed by atoms with Crippen LogP contribution in [0.15, 0.2) is 88.5 Å². The maximum atomic E-state index is 12.7. The second kappa shape index (κ2) is 21.1. The predicted octanol–water partition coefficient (Wildman–Crippen LogP) is 5.16. The molecule has 0 bridgehead atoms. The summed E-state index contributed by atoms with van der Waals surface area (Å²) in [5.74, 6) is -3.51. The second-order valence-corrected chi connectivity index (χ2v) is 15.5. The summed E-state index contributed by atoms with van der Waals surface area (Å²) in [6.07, 6.45) is 0. The topological polar surface area (TPSA) is 337 Å². The summed E-state index contributed by atoms with van der Waals surface area (Å²) >= 11 is 36.8. The molecule has 20 nitrogen and oxygen atoms in total. The normalized spacial score (nSPS) is 10.6. The number of hydrogen-bond acceptors (Lipinski definition) is 13. The van der Waals surface area contributed by atoms with Gasteiger partial charge in [0.1, 0.15) is 5.69 Å². The van der Waals surface area contributed by atoms with E-state index in [0.717, 1.165) is 6.07 Å². The molecule has 0 fully saturated rings. The van der Waals surface area contributed by atoms with Crippen molar-refractivity contribution in [3.8, 4) is 0 Å². The number of aromatic nitrogens is 8. The highest BCUT2D eigenvalue weighted by atomic mass is 35.5. The summed E-state index contributed by atoms with van der Waals surface area (Å²) in [7, 11) is 0. The van der Waals surface area contributed by atoms with Gasteiger partial charge in [0.15, 0.2) is 34.6 Å². The molecule has 0 saturated heterocycles. The fourth-order valence-electron chi connectivity index (χ4n) is 5.51. The fraction of sp³-hybridized carbons (Fsp3) is 0.0513. The van der Waals surface area contributed by atoms with Crippen molar-refractivity contribution < 1.29 is 29.1 Å². The molecule has 11 N–H and O–H groups in total. The predicted molar refractivity (Wildman–Crippen MR) is 241 cm³/mol. The molecule has 7 aromatic rings. The van der Waals surface area contributed by atoms with Crippen LogP contribution in [0, 0.1) is 0 Å². The summed E-state index contributed by atoms with van der Waals surface area (Å²) in [4.78, 5) is 82.7. The van der Waals surface area contributed by atoms with E-state index in [9.17, 15) is 33.6 Å². The van der Waals surface area contributed by atoms with E-state index in [1.54, 1.807) is 72.8 Å². The number of nitrogens with one attached hydrogen (secondary N) is 2. The first-order valence-corrected chi connectivity index (χ1v) is 20.0. The largest absolute Gasteiger partial charge is 0.477 e. The number of benzene rings is 4. The van der Waals surface area contributed by atoms with Gasteiger partial charge in [-0.3, -0.25) is 29.0 Å². The number of rotatable bonds is 11. The Morgan fingerprint density at radius 3 is 1.22 bits per heavy atom. The second-order valence-electron chi connectivity index (χ2n) is 13.0. The van der Waals surface area contributed by atoms with Crippen LogP contribution in [0.2, 0.25) is 30.1 Å². The van der Waals surface area contributed by atoms with Gasteiger partial charge in [0.2, 0.25) is 0 Å². The van der Waals surface area contributed by atoms with E-state index in [-0.39, 0.29) is 78.9 Å². The molecular weight excluding hydrogens is 977 g/mol. The van der Waals surface area contributed by atoms with Crippen LogP contribution >= 0.6 is 69.6 Å². The van der Waals surface area contributed by atoms with E-state index in [0.29, 0.717) is 32.3 Å². The van der Waals surface area contributed by atoms with Gasteiger partial charge in [-0.1, -0.05) is 80.0 Å². The van der Waals surface area contributed by atoms with Gasteiger partial charge in [-0.2, -0.15) is 0 Å². The Balaban J connectivity index is 0.000000199.